The van der Waals surface area contributed by atoms with Crippen LogP contribution in [0.5, 0.6) is 0 Å². The van der Waals surface area contributed by atoms with E-state index in [9.17, 15) is 5.26 Å². The van der Waals surface area contributed by atoms with E-state index in [1.165, 1.54) is 116 Å². The normalized spacial score (nSPS) is 32.3. The summed E-state index contributed by atoms with van der Waals surface area (Å²) in [5.74, 6) is 2.81. The summed E-state index contributed by atoms with van der Waals surface area (Å²) in [7, 11) is 0. The lowest BCUT2D eigenvalue weighted by Crippen LogP contribution is -2.32. The van der Waals surface area contributed by atoms with E-state index in [0.29, 0.717) is 0 Å². The molecule has 0 aromatic rings. The molecular weight excluding hydrogens is 314 g/mol. The average Bonchev–Trinajstić information content (AvgIpc) is 2.69. The van der Waals surface area contributed by atoms with Crippen molar-refractivity contribution in [2.24, 2.45) is 23.2 Å². The van der Waals surface area contributed by atoms with Crippen LogP contribution >= 0.6 is 0 Å². The molecule has 0 heterocycles. The fourth-order valence-electron chi connectivity index (χ4n) is 5.89. The Morgan fingerprint density at radius 1 is 0.808 bits per heavy atom. The molecular formula is C25H45N. The molecule has 1 heteroatoms. The van der Waals surface area contributed by atoms with Crippen molar-refractivity contribution in [3.8, 4) is 6.07 Å². The fourth-order valence-corrected chi connectivity index (χ4v) is 5.89. The SMILES string of the molecule is CCCCCCC[C@H]1CC[C@H](C2CCCC(C#N)(CCCCC)C2)CC1. The van der Waals surface area contributed by atoms with Crippen LogP contribution in [0.1, 0.15) is 129 Å². The molecule has 0 amide bonds. The topological polar surface area (TPSA) is 23.8 Å². The standard InChI is InChI=1S/C25H45N/c1-3-5-7-8-9-12-22-14-16-23(17-15-22)24-13-11-19-25(20-24,21-26)18-10-6-4-2/h22-24H,3-20H2,1-2H3/t22-,23-,24?,25?. The second-order valence-electron chi connectivity index (χ2n) is 9.69. The van der Waals surface area contributed by atoms with Gasteiger partial charge in [-0.05, 0) is 49.9 Å². The van der Waals surface area contributed by atoms with Crippen LogP contribution in [0.2, 0.25) is 0 Å². The minimum atomic E-state index is 0.0359. The third-order valence-electron chi connectivity index (χ3n) is 7.65. The van der Waals surface area contributed by atoms with Crippen molar-refractivity contribution in [2.45, 2.75) is 129 Å². The van der Waals surface area contributed by atoms with Crippen molar-refractivity contribution < 1.29 is 0 Å². The highest BCUT2D eigenvalue weighted by Crippen LogP contribution is 2.48. The maximum absolute atomic E-state index is 9.91. The Bertz CT molecular complexity index is 401. The maximum atomic E-state index is 9.91. The first-order valence-corrected chi connectivity index (χ1v) is 12.1. The first-order valence-electron chi connectivity index (χ1n) is 12.1. The molecule has 0 aromatic heterocycles. The van der Waals surface area contributed by atoms with E-state index in [1.807, 2.05) is 0 Å². The van der Waals surface area contributed by atoms with E-state index >= 15 is 0 Å². The molecule has 2 saturated carbocycles. The molecule has 2 atom stereocenters. The number of unbranched alkanes of at least 4 members (excludes halogenated alkanes) is 6. The summed E-state index contributed by atoms with van der Waals surface area (Å²) in [6, 6.07) is 2.80. The number of nitriles is 1. The molecule has 26 heavy (non-hydrogen) atoms. The average molecular weight is 360 g/mol. The van der Waals surface area contributed by atoms with E-state index in [0.717, 1.165) is 17.8 Å². The lowest BCUT2D eigenvalue weighted by atomic mass is 9.62. The monoisotopic (exact) mass is 359 g/mol. The Labute approximate surface area is 164 Å². The summed E-state index contributed by atoms with van der Waals surface area (Å²) >= 11 is 0. The van der Waals surface area contributed by atoms with Crippen LogP contribution in [0.4, 0.5) is 0 Å². The molecule has 1 nitrogen and oxygen atoms in total. The molecule has 0 saturated heterocycles. The third-order valence-corrected chi connectivity index (χ3v) is 7.65. The highest BCUT2D eigenvalue weighted by molar-refractivity contribution is 5.03. The van der Waals surface area contributed by atoms with Crippen molar-refractivity contribution in [1.82, 2.24) is 0 Å². The van der Waals surface area contributed by atoms with E-state index in [4.69, 9.17) is 0 Å². The second-order valence-corrected chi connectivity index (χ2v) is 9.69. The maximum Gasteiger partial charge on any atom is 0.0689 e. The summed E-state index contributed by atoms with van der Waals surface area (Å²) in [5, 5.41) is 9.91. The minimum absolute atomic E-state index is 0.0359. The van der Waals surface area contributed by atoms with Crippen molar-refractivity contribution in [1.29, 1.82) is 5.26 Å². The molecule has 2 aliphatic rings. The van der Waals surface area contributed by atoms with Gasteiger partial charge in [0, 0.05) is 0 Å². The van der Waals surface area contributed by atoms with Gasteiger partial charge in [-0.3, -0.25) is 0 Å². The Hall–Kier alpha value is -0.510. The fraction of sp³-hybridized carbons (Fsp3) is 0.960. The first kappa shape index (κ1) is 21.8. The molecule has 0 N–H and O–H groups in total. The molecule has 2 fully saturated rings. The second kappa shape index (κ2) is 12.0. The van der Waals surface area contributed by atoms with Crippen molar-refractivity contribution >= 4 is 0 Å². The molecule has 0 radical (unpaired) electrons. The molecule has 2 unspecified atom stereocenters. The van der Waals surface area contributed by atoms with Gasteiger partial charge in [-0.15, -0.1) is 0 Å². The molecule has 2 aliphatic carbocycles. The summed E-state index contributed by atoms with van der Waals surface area (Å²) in [4.78, 5) is 0. The van der Waals surface area contributed by atoms with Crippen LogP contribution < -0.4 is 0 Å². The Kier molecular flexibility index (Phi) is 10.1. The van der Waals surface area contributed by atoms with Gasteiger partial charge < -0.3 is 0 Å². The van der Waals surface area contributed by atoms with E-state index in [1.54, 1.807) is 0 Å². The van der Waals surface area contributed by atoms with Gasteiger partial charge in [-0.25, -0.2) is 0 Å². The van der Waals surface area contributed by atoms with Crippen LogP contribution in [0.3, 0.4) is 0 Å². The predicted molar refractivity (Wildman–Crippen MR) is 113 cm³/mol. The number of hydrogen-bond acceptors (Lipinski definition) is 1. The molecule has 0 bridgehead atoms. The predicted octanol–water partition coefficient (Wildman–Crippen LogP) is 8.43. The van der Waals surface area contributed by atoms with Crippen LogP contribution in [0.15, 0.2) is 0 Å². The zero-order valence-electron chi connectivity index (χ0n) is 17.9. The number of hydrogen-bond donors (Lipinski definition) is 0. The van der Waals surface area contributed by atoms with Gasteiger partial charge in [-0.1, -0.05) is 97.3 Å². The van der Waals surface area contributed by atoms with Crippen molar-refractivity contribution in [3.63, 3.8) is 0 Å². The third kappa shape index (κ3) is 6.90. The summed E-state index contributed by atoms with van der Waals surface area (Å²) in [6.07, 6.45) is 24.6. The van der Waals surface area contributed by atoms with Gasteiger partial charge in [0.1, 0.15) is 0 Å². The summed E-state index contributed by atoms with van der Waals surface area (Å²) < 4.78 is 0. The smallest absolute Gasteiger partial charge is 0.0689 e. The Morgan fingerprint density at radius 3 is 2.19 bits per heavy atom. The molecule has 2 rings (SSSR count). The van der Waals surface area contributed by atoms with Gasteiger partial charge in [0.25, 0.3) is 0 Å². The van der Waals surface area contributed by atoms with Crippen LogP contribution in [0, 0.1) is 34.5 Å². The van der Waals surface area contributed by atoms with Gasteiger partial charge in [0.05, 0.1) is 11.5 Å². The van der Waals surface area contributed by atoms with Gasteiger partial charge in [0.15, 0.2) is 0 Å². The highest BCUT2D eigenvalue weighted by Gasteiger charge is 2.39. The quantitative estimate of drug-likeness (QED) is 0.339. The van der Waals surface area contributed by atoms with Gasteiger partial charge >= 0.3 is 0 Å². The molecule has 0 spiro atoms. The van der Waals surface area contributed by atoms with Gasteiger partial charge in [0.2, 0.25) is 0 Å². The van der Waals surface area contributed by atoms with E-state index in [-0.39, 0.29) is 5.41 Å². The molecule has 0 aliphatic heterocycles. The van der Waals surface area contributed by atoms with Crippen LogP contribution in [0.25, 0.3) is 0 Å². The van der Waals surface area contributed by atoms with Crippen LogP contribution in [-0.4, -0.2) is 0 Å². The Morgan fingerprint density at radius 2 is 1.50 bits per heavy atom. The number of nitrogens with zero attached hydrogens (tertiary/aromatic N) is 1. The Balaban J connectivity index is 1.71. The minimum Gasteiger partial charge on any atom is -0.198 e. The zero-order chi connectivity index (χ0) is 18.7. The molecule has 150 valence electrons. The number of rotatable bonds is 11. The lowest BCUT2D eigenvalue weighted by molar-refractivity contribution is 0.102. The van der Waals surface area contributed by atoms with E-state index < -0.39 is 0 Å². The zero-order valence-corrected chi connectivity index (χ0v) is 17.9. The van der Waals surface area contributed by atoms with Crippen LogP contribution in [-0.2, 0) is 0 Å². The van der Waals surface area contributed by atoms with Crippen molar-refractivity contribution in [2.75, 3.05) is 0 Å². The van der Waals surface area contributed by atoms with Gasteiger partial charge in [-0.2, -0.15) is 5.26 Å². The molecule has 0 aromatic carbocycles. The lowest BCUT2D eigenvalue weighted by Gasteiger charge is -2.42. The largest absolute Gasteiger partial charge is 0.198 e. The highest BCUT2D eigenvalue weighted by atomic mass is 14.5. The van der Waals surface area contributed by atoms with Crippen molar-refractivity contribution in [3.05, 3.63) is 0 Å². The van der Waals surface area contributed by atoms with E-state index in [2.05, 4.69) is 19.9 Å². The summed E-state index contributed by atoms with van der Waals surface area (Å²) in [5.41, 5.74) is 0.0359. The first-order chi connectivity index (χ1) is 12.7. The summed E-state index contributed by atoms with van der Waals surface area (Å²) in [6.45, 7) is 4.57.